The number of amides is 2. The van der Waals surface area contributed by atoms with E-state index in [9.17, 15) is 19.5 Å². The first-order valence-electron chi connectivity index (χ1n) is 8.40. The molecule has 0 bridgehead atoms. The molecule has 1 atom stereocenters. The third-order valence-electron chi connectivity index (χ3n) is 3.98. The Bertz CT molecular complexity index is 820. The van der Waals surface area contributed by atoms with Gasteiger partial charge in [0.1, 0.15) is 5.75 Å². The van der Waals surface area contributed by atoms with Crippen molar-refractivity contribution in [1.29, 1.82) is 0 Å². The molecule has 2 aromatic rings. The van der Waals surface area contributed by atoms with Gasteiger partial charge in [0.25, 0.3) is 5.91 Å². The summed E-state index contributed by atoms with van der Waals surface area (Å²) in [5, 5.41) is 14.2. The molecular weight excluding hydrogens is 348 g/mol. The van der Waals surface area contributed by atoms with Crippen LogP contribution in [-0.4, -0.2) is 36.0 Å². The molecule has 1 unspecified atom stereocenters. The van der Waals surface area contributed by atoms with Crippen LogP contribution >= 0.6 is 0 Å². The van der Waals surface area contributed by atoms with Gasteiger partial charge in [-0.25, -0.2) is 4.79 Å². The molecule has 2 rings (SSSR count). The first-order valence-corrected chi connectivity index (χ1v) is 8.40. The van der Waals surface area contributed by atoms with Crippen LogP contribution in [-0.2, 0) is 14.4 Å². The molecule has 0 aromatic heterocycles. The van der Waals surface area contributed by atoms with Crippen LogP contribution < -0.4 is 15.4 Å². The molecule has 0 heterocycles. The minimum atomic E-state index is -1.19. The smallest absolute Gasteiger partial charge is 0.330 e. The van der Waals surface area contributed by atoms with Crippen molar-refractivity contribution in [2.24, 2.45) is 0 Å². The average molecular weight is 370 g/mol. The second kappa shape index (κ2) is 9.38. The molecule has 0 aliphatic carbocycles. The van der Waals surface area contributed by atoms with E-state index >= 15 is 0 Å². The van der Waals surface area contributed by atoms with Crippen LogP contribution in [0.2, 0.25) is 0 Å². The third kappa shape index (κ3) is 6.14. The van der Waals surface area contributed by atoms with Crippen molar-refractivity contribution in [2.75, 3.05) is 13.2 Å². The second-order valence-electron chi connectivity index (χ2n) is 6.06. The summed E-state index contributed by atoms with van der Waals surface area (Å²) in [7, 11) is 0. The molecule has 27 heavy (non-hydrogen) atoms. The number of nitrogens with one attached hydrogen (secondary N) is 2. The highest BCUT2D eigenvalue weighted by Crippen LogP contribution is 2.17. The van der Waals surface area contributed by atoms with Crippen LogP contribution in [0.3, 0.4) is 0 Å². The summed E-state index contributed by atoms with van der Waals surface area (Å²) < 4.78 is 5.28. The Morgan fingerprint density at radius 3 is 2.33 bits per heavy atom. The Kier molecular flexibility index (Phi) is 6.93. The maximum atomic E-state index is 12.0. The first-order chi connectivity index (χ1) is 12.9. The fourth-order valence-electron chi connectivity index (χ4n) is 2.34. The van der Waals surface area contributed by atoms with E-state index in [1.54, 1.807) is 42.5 Å². The number of aryl methyl sites for hydroxylation is 2. The molecule has 0 saturated carbocycles. The van der Waals surface area contributed by atoms with E-state index in [1.165, 1.54) is 0 Å². The Morgan fingerprint density at radius 1 is 1.00 bits per heavy atom. The SMILES string of the molecule is Cc1ccc(C(NC(=O)CNC(=O)COc2ccccc2)C(=O)O)cc1C. The standard InChI is InChI=1S/C20H22N2O5/c1-13-8-9-15(10-14(13)2)19(20(25)26)22-17(23)11-21-18(24)12-27-16-6-4-3-5-7-16/h3-10,19H,11-12H2,1-2H3,(H,21,24)(H,22,23)(H,25,26). The third-order valence-corrected chi connectivity index (χ3v) is 3.98. The lowest BCUT2D eigenvalue weighted by atomic mass is 10.0. The van der Waals surface area contributed by atoms with Gasteiger partial charge in [0.15, 0.2) is 12.6 Å². The highest BCUT2D eigenvalue weighted by Gasteiger charge is 2.22. The van der Waals surface area contributed by atoms with E-state index in [0.29, 0.717) is 11.3 Å². The van der Waals surface area contributed by atoms with E-state index < -0.39 is 23.8 Å². The summed E-state index contributed by atoms with van der Waals surface area (Å²) in [5.74, 6) is -1.72. The van der Waals surface area contributed by atoms with Crippen molar-refractivity contribution in [3.05, 3.63) is 65.2 Å². The van der Waals surface area contributed by atoms with Crippen LogP contribution in [0, 0.1) is 13.8 Å². The van der Waals surface area contributed by atoms with Crippen LogP contribution in [0.25, 0.3) is 0 Å². The van der Waals surface area contributed by atoms with Gasteiger partial charge in [0, 0.05) is 0 Å². The van der Waals surface area contributed by atoms with Gasteiger partial charge < -0.3 is 20.5 Å². The lowest BCUT2D eigenvalue weighted by Gasteiger charge is -2.16. The Morgan fingerprint density at radius 2 is 1.70 bits per heavy atom. The zero-order chi connectivity index (χ0) is 19.8. The predicted octanol–water partition coefficient (Wildman–Crippen LogP) is 1.74. The lowest BCUT2D eigenvalue weighted by molar-refractivity contribution is -0.142. The van der Waals surface area contributed by atoms with Crippen LogP contribution in [0.1, 0.15) is 22.7 Å². The maximum Gasteiger partial charge on any atom is 0.330 e. The van der Waals surface area contributed by atoms with Crippen molar-refractivity contribution < 1.29 is 24.2 Å². The van der Waals surface area contributed by atoms with Crippen molar-refractivity contribution >= 4 is 17.8 Å². The van der Waals surface area contributed by atoms with Gasteiger partial charge in [-0.2, -0.15) is 0 Å². The topological polar surface area (TPSA) is 105 Å². The predicted molar refractivity (Wildman–Crippen MR) is 99.4 cm³/mol. The van der Waals surface area contributed by atoms with Crippen molar-refractivity contribution in [1.82, 2.24) is 10.6 Å². The Labute approximate surface area is 157 Å². The fraction of sp³-hybridized carbons (Fsp3) is 0.250. The molecule has 2 aromatic carbocycles. The second-order valence-corrected chi connectivity index (χ2v) is 6.06. The number of para-hydroxylation sites is 1. The van der Waals surface area contributed by atoms with Crippen molar-refractivity contribution in [2.45, 2.75) is 19.9 Å². The minimum absolute atomic E-state index is 0.239. The summed E-state index contributed by atoms with van der Waals surface area (Å²) in [6, 6.07) is 12.8. The van der Waals surface area contributed by atoms with E-state index in [4.69, 9.17) is 4.74 Å². The summed E-state index contributed by atoms with van der Waals surface area (Å²) in [6.07, 6.45) is 0. The number of hydrogen-bond acceptors (Lipinski definition) is 4. The monoisotopic (exact) mass is 370 g/mol. The molecule has 0 fully saturated rings. The van der Waals surface area contributed by atoms with Crippen molar-refractivity contribution in [3.8, 4) is 5.75 Å². The molecular formula is C20H22N2O5. The van der Waals surface area contributed by atoms with E-state index in [-0.39, 0.29) is 13.2 Å². The molecule has 7 nitrogen and oxygen atoms in total. The molecule has 3 N–H and O–H groups in total. The van der Waals surface area contributed by atoms with E-state index in [2.05, 4.69) is 10.6 Å². The van der Waals surface area contributed by atoms with Gasteiger partial charge in [-0.1, -0.05) is 36.4 Å². The number of ether oxygens (including phenoxy) is 1. The van der Waals surface area contributed by atoms with Gasteiger partial charge in [-0.05, 0) is 42.7 Å². The van der Waals surface area contributed by atoms with Gasteiger partial charge in [0.2, 0.25) is 5.91 Å². The number of benzene rings is 2. The minimum Gasteiger partial charge on any atom is -0.484 e. The number of carboxylic acid groups (broad SMARTS) is 1. The van der Waals surface area contributed by atoms with Crippen molar-refractivity contribution in [3.63, 3.8) is 0 Å². The number of carbonyl (C=O) groups excluding carboxylic acids is 2. The van der Waals surface area contributed by atoms with Gasteiger partial charge >= 0.3 is 5.97 Å². The molecule has 0 spiro atoms. The largest absolute Gasteiger partial charge is 0.484 e. The first kappa shape index (κ1) is 20.0. The average Bonchev–Trinajstić information content (AvgIpc) is 2.65. The number of carboxylic acids is 1. The zero-order valence-corrected chi connectivity index (χ0v) is 15.2. The molecule has 142 valence electrons. The molecule has 0 aliphatic rings. The van der Waals surface area contributed by atoms with Gasteiger partial charge in [-0.15, -0.1) is 0 Å². The summed E-state index contributed by atoms with van der Waals surface area (Å²) in [5.41, 5.74) is 2.43. The number of hydrogen-bond donors (Lipinski definition) is 3. The Balaban J connectivity index is 1.85. The lowest BCUT2D eigenvalue weighted by Crippen LogP contribution is -2.42. The van der Waals surface area contributed by atoms with Gasteiger partial charge in [-0.3, -0.25) is 9.59 Å². The highest BCUT2D eigenvalue weighted by molar-refractivity contribution is 5.88. The van der Waals surface area contributed by atoms with Crippen LogP contribution in [0.15, 0.2) is 48.5 Å². The molecule has 0 saturated heterocycles. The summed E-state index contributed by atoms with van der Waals surface area (Å²) in [4.78, 5) is 35.3. The molecule has 0 aliphatic heterocycles. The highest BCUT2D eigenvalue weighted by atomic mass is 16.5. The zero-order valence-electron chi connectivity index (χ0n) is 15.2. The van der Waals surface area contributed by atoms with E-state index in [1.807, 2.05) is 19.9 Å². The maximum absolute atomic E-state index is 12.0. The number of aliphatic carboxylic acids is 1. The van der Waals surface area contributed by atoms with Crippen LogP contribution in [0.4, 0.5) is 0 Å². The van der Waals surface area contributed by atoms with E-state index in [0.717, 1.165) is 11.1 Å². The molecule has 2 amide bonds. The quantitative estimate of drug-likeness (QED) is 0.657. The fourth-order valence-corrected chi connectivity index (χ4v) is 2.34. The van der Waals surface area contributed by atoms with Crippen LogP contribution in [0.5, 0.6) is 5.75 Å². The normalized spacial score (nSPS) is 11.3. The molecule has 0 radical (unpaired) electrons. The Hall–Kier alpha value is -3.35. The van der Waals surface area contributed by atoms with Gasteiger partial charge in [0.05, 0.1) is 6.54 Å². The molecule has 7 heteroatoms. The summed E-state index contributed by atoms with van der Waals surface area (Å²) in [6.45, 7) is 3.20. The number of carbonyl (C=O) groups is 3. The number of rotatable bonds is 8. The summed E-state index contributed by atoms with van der Waals surface area (Å²) >= 11 is 0.